The van der Waals surface area contributed by atoms with Gasteiger partial charge in [0.05, 0.1) is 7.11 Å². The number of benzene rings is 2. The predicted molar refractivity (Wildman–Crippen MR) is 101 cm³/mol. The normalized spacial score (nSPS) is 10.3. The lowest BCUT2D eigenvalue weighted by atomic mass is 10.2. The zero-order chi connectivity index (χ0) is 19.2. The van der Waals surface area contributed by atoms with E-state index in [4.69, 9.17) is 9.47 Å². The molecular weight excluding hydrogens is 344 g/mol. The molecule has 0 unspecified atom stereocenters. The number of amides is 1. The number of nitrogens with zero attached hydrogens (tertiary/aromatic N) is 1. The Morgan fingerprint density at radius 2 is 1.93 bits per heavy atom. The molecule has 1 heterocycles. The van der Waals surface area contributed by atoms with E-state index in [1.165, 1.54) is 25.3 Å². The van der Waals surface area contributed by atoms with Crippen LogP contribution in [-0.4, -0.2) is 23.1 Å². The molecule has 1 amide bonds. The van der Waals surface area contributed by atoms with Gasteiger partial charge in [-0.2, -0.15) is 0 Å². The number of nitrogens with one attached hydrogen (secondary N) is 1. The molecular formula is C21H20N2O4. The molecule has 0 atom stereocenters. The molecule has 0 aliphatic carbocycles. The van der Waals surface area contributed by atoms with E-state index in [0.29, 0.717) is 17.2 Å². The summed E-state index contributed by atoms with van der Waals surface area (Å²) in [5.74, 6) is 1.09. The Morgan fingerprint density at radius 1 is 1.11 bits per heavy atom. The van der Waals surface area contributed by atoms with Gasteiger partial charge in [0.1, 0.15) is 5.75 Å². The number of hydrogen-bond acceptors (Lipinski definition) is 5. The molecule has 0 bridgehead atoms. The molecule has 0 aliphatic heterocycles. The lowest BCUT2D eigenvalue weighted by molar-refractivity contribution is 0.0950. The number of methoxy groups -OCH3 is 1. The van der Waals surface area contributed by atoms with Crippen LogP contribution < -0.4 is 14.8 Å². The summed E-state index contributed by atoms with van der Waals surface area (Å²) in [6, 6.07) is 15.7. The standard InChI is InChI=1S/C21H20N2O4/c1-14-6-3-4-8-18(14)27-21-16(7-5-11-22-21)13-23-20(25)15-9-10-17(24)19(12-15)26-2/h3-12,24H,13H2,1-2H3,(H,23,25). The average Bonchev–Trinajstić information content (AvgIpc) is 2.69. The monoisotopic (exact) mass is 364 g/mol. The van der Waals surface area contributed by atoms with E-state index in [1.807, 2.05) is 37.3 Å². The van der Waals surface area contributed by atoms with Gasteiger partial charge in [0.15, 0.2) is 11.5 Å². The Hall–Kier alpha value is -3.54. The number of carbonyl (C=O) groups excluding carboxylic acids is 1. The third kappa shape index (κ3) is 4.36. The number of hydrogen-bond donors (Lipinski definition) is 2. The van der Waals surface area contributed by atoms with Crippen LogP contribution in [0, 0.1) is 6.92 Å². The number of phenols is 1. The molecule has 6 heteroatoms. The van der Waals surface area contributed by atoms with Crippen LogP contribution in [-0.2, 0) is 6.54 Å². The van der Waals surface area contributed by atoms with Crippen LogP contribution in [0.5, 0.6) is 23.1 Å². The van der Waals surface area contributed by atoms with E-state index in [1.54, 1.807) is 12.3 Å². The van der Waals surface area contributed by atoms with Crippen molar-refractivity contribution < 1.29 is 19.4 Å². The van der Waals surface area contributed by atoms with Crippen molar-refractivity contribution in [3.8, 4) is 23.1 Å². The second-order valence-electron chi connectivity index (χ2n) is 5.90. The number of phenolic OH excluding ortho intramolecular Hbond substituents is 1. The van der Waals surface area contributed by atoms with E-state index in [-0.39, 0.29) is 24.0 Å². The lowest BCUT2D eigenvalue weighted by Crippen LogP contribution is -2.23. The van der Waals surface area contributed by atoms with E-state index < -0.39 is 0 Å². The van der Waals surface area contributed by atoms with Gasteiger partial charge in [-0.25, -0.2) is 4.98 Å². The van der Waals surface area contributed by atoms with Crippen molar-refractivity contribution in [1.82, 2.24) is 10.3 Å². The largest absolute Gasteiger partial charge is 0.504 e. The number of aromatic nitrogens is 1. The molecule has 2 N–H and O–H groups in total. The molecule has 27 heavy (non-hydrogen) atoms. The molecule has 1 aromatic heterocycles. The number of carbonyl (C=O) groups is 1. The second kappa shape index (κ2) is 8.23. The molecule has 0 saturated heterocycles. The zero-order valence-corrected chi connectivity index (χ0v) is 15.1. The lowest BCUT2D eigenvalue weighted by Gasteiger charge is -2.12. The summed E-state index contributed by atoms with van der Waals surface area (Å²) in [5, 5.41) is 12.5. The van der Waals surface area contributed by atoms with Crippen molar-refractivity contribution in [3.05, 3.63) is 77.5 Å². The quantitative estimate of drug-likeness (QED) is 0.695. The van der Waals surface area contributed by atoms with Crippen molar-refractivity contribution in [2.75, 3.05) is 7.11 Å². The highest BCUT2D eigenvalue weighted by Gasteiger charge is 2.12. The van der Waals surface area contributed by atoms with Gasteiger partial charge in [0.25, 0.3) is 5.91 Å². The summed E-state index contributed by atoms with van der Waals surface area (Å²) in [4.78, 5) is 16.7. The van der Waals surface area contributed by atoms with E-state index in [9.17, 15) is 9.90 Å². The van der Waals surface area contributed by atoms with Gasteiger partial charge in [-0.05, 0) is 42.8 Å². The Balaban J connectivity index is 1.73. The summed E-state index contributed by atoms with van der Waals surface area (Å²) >= 11 is 0. The number of pyridine rings is 1. The molecule has 6 nitrogen and oxygen atoms in total. The van der Waals surface area contributed by atoms with Crippen molar-refractivity contribution in [1.29, 1.82) is 0 Å². The highest BCUT2D eigenvalue weighted by Crippen LogP contribution is 2.27. The maximum atomic E-state index is 12.4. The smallest absolute Gasteiger partial charge is 0.251 e. The molecule has 138 valence electrons. The first kappa shape index (κ1) is 18.3. The predicted octanol–water partition coefficient (Wildman–Crippen LogP) is 3.83. The number of aromatic hydroxyl groups is 1. The van der Waals surface area contributed by atoms with Crippen molar-refractivity contribution >= 4 is 5.91 Å². The SMILES string of the molecule is COc1cc(C(=O)NCc2cccnc2Oc2ccccc2C)ccc1O. The zero-order valence-electron chi connectivity index (χ0n) is 15.1. The van der Waals surface area contributed by atoms with Crippen LogP contribution in [0.15, 0.2) is 60.8 Å². The van der Waals surface area contributed by atoms with Crippen LogP contribution in [0.4, 0.5) is 0 Å². The fourth-order valence-electron chi connectivity index (χ4n) is 2.52. The Morgan fingerprint density at radius 3 is 2.70 bits per heavy atom. The number of ether oxygens (including phenoxy) is 2. The van der Waals surface area contributed by atoms with Crippen LogP contribution in [0.3, 0.4) is 0 Å². The maximum absolute atomic E-state index is 12.4. The number of para-hydroxylation sites is 1. The summed E-state index contributed by atoms with van der Waals surface area (Å²) in [6.07, 6.45) is 1.64. The number of aryl methyl sites for hydroxylation is 1. The van der Waals surface area contributed by atoms with E-state index in [2.05, 4.69) is 10.3 Å². The first-order valence-electron chi connectivity index (χ1n) is 8.41. The van der Waals surface area contributed by atoms with Crippen molar-refractivity contribution in [2.24, 2.45) is 0 Å². The van der Waals surface area contributed by atoms with E-state index >= 15 is 0 Å². The minimum Gasteiger partial charge on any atom is -0.504 e. The highest BCUT2D eigenvalue weighted by molar-refractivity contribution is 5.94. The topological polar surface area (TPSA) is 80.7 Å². The maximum Gasteiger partial charge on any atom is 0.251 e. The van der Waals surface area contributed by atoms with Gasteiger partial charge in [-0.3, -0.25) is 4.79 Å². The Labute approximate surface area is 157 Å². The third-order valence-electron chi connectivity index (χ3n) is 4.03. The number of rotatable bonds is 6. The summed E-state index contributed by atoms with van der Waals surface area (Å²) in [5.41, 5.74) is 2.13. The van der Waals surface area contributed by atoms with Crippen LogP contribution in [0.2, 0.25) is 0 Å². The third-order valence-corrected chi connectivity index (χ3v) is 4.03. The molecule has 2 aromatic carbocycles. The van der Waals surface area contributed by atoms with Crippen LogP contribution in [0.1, 0.15) is 21.5 Å². The summed E-state index contributed by atoms with van der Waals surface area (Å²) in [7, 11) is 1.43. The first-order chi connectivity index (χ1) is 13.1. The minimum atomic E-state index is -0.293. The molecule has 0 spiro atoms. The Bertz CT molecular complexity index is 956. The van der Waals surface area contributed by atoms with Crippen molar-refractivity contribution in [3.63, 3.8) is 0 Å². The van der Waals surface area contributed by atoms with Gasteiger partial charge in [0.2, 0.25) is 5.88 Å². The van der Waals surface area contributed by atoms with Gasteiger partial charge in [-0.1, -0.05) is 24.3 Å². The fourth-order valence-corrected chi connectivity index (χ4v) is 2.52. The second-order valence-corrected chi connectivity index (χ2v) is 5.90. The van der Waals surface area contributed by atoms with Crippen molar-refractivity contribution in [2.45, 2.75) is 13.5 Å². The molecule has 0 saturated carbocycles. The highest BCUT2D eigenvalue weighted by atomic mass is 16.5. The minimum absolute atomic E-state index is 0.0183. The summed E-state index contributed by atoms with van der Waals surface area (Å²) < 4.78 is 11.0. The molecule has 0 aliphatic rings. The van der Waals surface area contributed by atoms with E-state index in [0.717, 1.165) is 11.1 Å². The van der Waals surface area contributed by atoms with Crippen LogP contribution in [0.25, 0.3) is 0 Å². The molecule has 3 aromatic rings. The van der Waals surface area contributed by atoms with Gasteiger partial charge in [-0.15, -0.1) is 0 Å². The van der Waals surface area contributed by atoms with Gasteiger partial charge < -0.3 is 19.9 Å². The van der Waals surface area contributed by atoms with Gasteiger partial charge in [0, 0.05) is 23.9 Å². The first-order valence-corrected chi connectivity index (χ1v) is 8.41. The van der Waals surface area contributed by atoms with Gasteiger partial charge >= 0.3 is 0 Å². The Kier molecular flexibility index (Phi) is 5.56. The average molecular weight is 364 g/mol. The van der Waals surface area contributed by atoms with Crippen LogP contribution >= 0.6 is 0 Å². The molecule has 0 radical (unpaired) electrons. The fraction of sp³-hybridized carbons (Fsp3) is 0.143. The summed E-state index contributed by atoms with van der Waals surface area (Å²) in [6.45, 7) is 2.20. The molecule has 0 fully saturated rings. The molecule has 3 rings (SSSR count).